The quantitative estimate of drug-likeness (QED) is 0.274. The normalized spacial score (nSPS) is 11.0. The van der Waals surface area contributed by atoms with Gasteiger partial charge in [-0.1, -0.05) is 62.0 Å². The molecule has 0 unspecified atom stereocenters. The van der Waals surface area contributed by atoms with Gasteiger partial charge in [0.05, 0.1) is 4.92 Å². The number of non-ortho nitro benzene ring substituents is 1. The van der Waals surface area contributed by atoms with Crippen LogP contribution in [0.1, 0.15) is 42.1 Å². The van der Waals surface area contributed by atoms with E-state index in [1.54, 1.807) is 12.1 Å². The molecule has 8 nitrogen and oxygen atoms in total. The van der Waals surface area contributed by atoms with Gasteiger partial charge in [0.1, 0.15) is 5.69 Å². The Labute approximate surface area is 171 Å². The van der Waals surface area contributed by atoms with Gasteiger partial charge in [0, 0.05) is 24.3 Å². The van der Waals surface area contributed by atoms with Crippen LogP contribution in [0.5, 0.6) is 0 Å². The van der Waals surface area contributed by atoms with Gasteiger partial charge in [-0.15, -0.1) is 10.2 Å². The molecule has 0 bridgehead atoms. The Bertz CT molecular complexity index is 1060. The second-order valence-corrected chi connectivity index (χ2v) is 7.83. The number of nitrogens with two attached hydrogens (primary N) is 1. The molecular weight excluding hydrogens is 390 g/mol. The second-order valence-electron chi connectivity index (χ2n) is 6.89. The summed E-state index contributed by atoms with van der Waals surface area (Å²) in [5, 5.41) is 19.1. The summed E-state index contributed by atoms with van der Waals surface area (Å²) in [5.74, 6) is 6.82. The molecule has 0 atom stereocenters. The van der Waals surface area contributed by atoms with Crippen LogP contribution in [0, 0.1) is 10.1 Å². The van der Waals surface area contributed by atoms with Crippen molar-refractivity contribution in [1.82, 2.24) is 14.9 Å². The van der Waals surface area contributed by atoms with Gasteiger partial charge in [0.25, 0.3) is 11.2 Å². The van der Waals surface area contributed by atoms with Crippen LogP contribution in [0.3, 0.4) is 0 Å². The van der Waals surface area contributed by atoms with Gasteiger partial charge in [0.15, 0.2) is 0 Å². The highest BCUT2D eigenvalue weighted by atomic mass is 32.2. The molecule has 150 valence electrons. The van der Waals surface area contributed by atoms with Crippen molar-refractivity contribution in [2.45, 2.75) is 37.1 Å². The zero-order valence-corrected chi connectivity index (χ0v) is 16.9. The fourth-order valence-corrected chi connectivity index (χ4v) is 3.51. The van der Waals surface area contributed by atoms with E-state index >= 15 is 0 Å². The highest BCUT2D eigenvalue weighted by molar-refractivity contribution is 7.98. The zero-order chi connectivity index (χ0) is 21.0. The predicted molar refractivity (Wildman–Crippen MR) is 112 cm³/mol. The summed E-state index contributed by atoms with van der Waals surface area (Å²) in [6, 6.07) is 14.2. The molecule has 0 aliphatic rings. The van der Waals surface area contributed by atoms with Crippen molar-refractivity contribution in [3.05, 3.63) is 91.4 Å². The van der Waals surface area contributed by atoms with Crippen molar-refractivity contribution < 1.29 is 4.92 Å². The topological polar surface area (TPSA) is 117 Å². The largest absolute Gasteiger partial charge is 0.334 e. The van der Waals surface area contributed by atoms with Crippen molar-refractivity contribution in [1.29, 1.82) is 0 Å². The molecule has 3 rings (SSSR count). The van der Waals surface area contributed by atoms with E-state index in [4.69, 9.17) is 5.84 Å². The fourth-order valence-electron chi connectivity index (χ4n) is 2.70. The van der Waals surface area contributed by atoms with Crippen molar-refractivity contribution in [3.8, 4) is 0 Å². The SMILES string of the molecule is CC(C)c1ccc(Cc2nnc(SCc3ccc([N+](=O)[O-])cc3)n(N)c2=O)cc1. The lowest BCUT2D eigenvalue weighted by Crippen LogP contribution is -2.33. The van der Waals surface area contributed by atoms with Crippen LogP contribution in [-0.2, 0) is 12.2 Å². The molecular formula is C20H21N5O3S. The number of thioether (sulfide) groups is 1. The molecule has 0 saturated heterocycles. The molecule has 1 heterocycles. The molecule has 2 aromatic carbocycles. The van der Waals surface area contributed by atoms with Crippen molar-refractivity contribution in [2.24, 2.45) is 0 Å². The van der Waals surface area contributed by atoms with E-state index in [9.17, 15) is 14.9 Å². The smallest absolute Gasteiger partial charge is 0.294 e. The van der Waals surface area contributed by atoms with Crippen LogP contribution < -0.4 is 11.4 Å². The molecule has 0 saturated carbocycles. The number of benzene rings is 2. The number of nitrogen functional groups attached to an aromatic ring is 1. The number of nitro benzene ring substituents is 1. The van der Waals surface area contributed by atoms with Gasteiger partial charge < -0.3 is 5.84 Å². The van der Waals surface area contributed by atoms with Gasteiger partial charge in [-0.3, -0.25) is 14.9 Å². The maximum Gasteiger partial charge on any atom is 0.294 e. The molecule has 0 aliphatic heterocycles. The minimum atomic E-state index is -0.449. The van der Waals surface area contributed by atoms with Gasteiger partial charge in [-0.25, -0.2) is 0 Å². The molecule has 0 spiro atoms. The monoisotopic (exact) mass is 411 g/mol. The standard InChI is InChI=1S/C20H21N5O3S/c1-13(2)16-7-3-14(4-8-16)11-18-19(26)24(21)20(23-22-18)29-12-15-5-9-17(10-6-15)25(27)28/h3-10,13H,11-12,21H2,1-2H3. The summed E-state index contributed by atoms with van der Waals surface area (Å²) in [5.41, 5.74) is 2.97. The van der Waals surface area contributed by atoms with Gasteiger partial charge in [0.2, 0.25) is 5.16 Å². The highest BCUT2D eigenvalue weighted by Crippen LogP contribution is 2.21. The van der Waals surface area contributed by atoms with Crippen LogP contribution >= 0.6 is 11.8 Å². The van der Waals surface area contributed by atoms with E-state index in [1.807, 2.05) is 24.3 Å². The predicted octanol–water partition coefficient (Wildman–Crippen LogP) is 3.27. The average molecular weight is 411 g/mol. The van der Waals surface area contributed by atoms with E-state index in [2.05, 4.69) is 24.0 Å². The van der Waals surface area contributed by atoms with Crippen molar-refractivity contribution >= 4 is 17.4 Å². The zero-order valence-electron chi connectivity index (χ0n) is 16.1. The molecule has 0 aliphatic carbocycles. The summed E-state index contributed by atoms with van der Waals surface area (Å²) < 4.78 is 1.00. The Morgan fingerprint density at radius 3 is 2.28 bits per heavy atom. The first-order valence-corrected chi connectivity index (χ1v) is 10.0. The van der Waals surface area contributed by atoms with Gasteiger partial charge in [-0.2, -0.15) is 4.68 Å². The summed E-state index contributed by atoms with van der Waals surface area (Å²) >= 11 is 1.24. The number of nitrogens with zero attached hydrogens (tertiary/aromatic N) is 4. The van der Waals surface area contributed by atoms with Crippen LogP contribution in [0.4, 0.5) is 5.69 Å². The third-order valence-corrected chi connectivity index (χ3v) is 5.48. The van der Waals surface area contributed by atoms with Crippen LogP contribution in [0.2, 0.25) is 0 Å². The summed E-state index contributed by atoms with van der Waals surface area (Å²) in [6.07, 6.45) is 0.356. The molecule has 9 heteroatoms. The van der Waals surface area contributed by atoms with Crippen molar-refractivity contribution in [3.63, 3.8) is 0 Å². The lowest BCUT2D eigenvalue weighted by Gasteiger charge is -2.09. The second kappa shape index (κ2) is 8.87. The number of rotatable bonds is 7. The maximum atomic E-state index is 12.5. The lowest BCUT2D eigenvalue weighted by atomic mass is 10.0. The molecule has 2 N–H and O–H groups in total. The molecule has 0 radical (unpaired) electrons. The third-order valence-electron chi connectivity index (χ3n) is 4.46. The molecule has 0 amide bonds. The van der Waals surface area contributed by atoms with Crippen LogP contribution in [0.15, 0.2) is 58.5 Å². The molecule has 1 aromatic heterocycles. The minimum absolute atomic E-state index is 0.0278. The highest BCUT2D eigenvalue weighted by Gasteiger charge is 2.12. The Balaban J connectivity index is 1.70. The Morgan fingerprint density at radius 1 is 1.07 bits per heavy atom. The Morgan fingerprint density at radius 2 is 1.69 bits per heavy atom. The number of aromatic nitrogens is 3. The Hall–Kier alpha value is -3.20. The van der Waals surface area contributed by atoms with E-state index < -0.39 is 4.92 Å². The van der Waals surface area contributed by atoms with E-state index in [0.29, 0.717) is 18.1 Å². The third kappa shape index (κ3) is 5.00. The van der Waals surface area contributed by atoms with Crippen LogP contribution in [-0.4, -0.2) is 19.8 Å². The number of hydrogen-bond donors (Lipinski definition) is 1. The van der Waals surface area contributed by atoms with E-state index in [0.717, 1.165) is 15.8 Å². The molecule has 3 aromatic rings. The van der Waals surface area contributed by atoms with Crippen LogP contribution in [0.25, 0.3) is 0 Å². The van der Waals surface area contributed by atoms with Gasteiger partial charge in [-0.05, 0) is 22.6 Å². The molecule has 29 heavy (non-hydrogen) atoms. The van der Waals surface area contributed by atoms with Gasteiger partial charge >= 0.3 is 0 Å². The number of hydrogen-bond acceptors (Lipinski definition) is 7. The van der Waals surface area contributed by atoms with E-state index in [-0.39, 0.29) is 22.1 Å². The average Bonchev–Trinajstić information content (AvgIpc) is 2.71. The first kappa shape index (κ1) is 20.5. The first-order valence-electron chi connectivity index (χ1n) is 9.04. The summed E-state index contributed by atoms with van der Waals surface area (Å²) in [6.45, 7) is 4.25. The lowest BCUT2D eigenvalue weighted by molar-refractivity contribution is -0.384. The maximum absolute atomic E-state index is 12.5. The summed E-state index contributed by atoms with van der Waals surface area (Å²) in [7, 11) is 0. The minimum Gasteiger partial charge on any atom is -0.334 e. The fraction of sp³-hybridized carbons (Fsp3) is 0.250. The summed E-state index contributed by atoms with van der Waals surface area (Å²) in [4.78, 5) is 22.8. The molecule has 0 fully saturated rings. The Kier molecular flexibility index (Phi) is 6.28. The van der Waals surface area contributed by atoms with Crippen molar-refractivity contribution in [2.75, 3.05) is 5.84 Å². The van der Waals surface area contributed by atoms with E-state index in [1.165, 1.54) is 29.5 Å². The number of nitro groups is 1. The first-order chi connectivity index (χ1) is 13.8.